The standard InChI is InChI=1S/C19H24N2O5S/c1-20-27(23,24)16-8-4-14(5-9-16)7-11-19(22)21-13-15-6-10-17(25-2)18(12-15)26-3/h4-6,8-10,12,20H,7,11,13H2,1-3H3,(H,21,22). The molecule has 0 aromatic heterocycles. The number of hydrogen-bond donors (Lipinski definition) is 2. The number of amides is 1. The van der Waals surface area contributed by atoms with Crippen LogP contribution >= 0.6 is 0 Å². The molecular formula is C19H24N2O5S. The van der Waals surface area contributed by atoms with Gasteiger partial charge < -0.3 is 14.8 Å². The Morgan fingerprint density at radius 1 is 0.963 bits per heavy atom. The van der Waals surface area contributed by atoms with E-state index in [1.165, 1.54) is 19.2 Å². The molecule has 0 radical (unpaired) electrons. The zero-order valence-corrected chi connectivity index (χ0v) is 16.4. The molecule has 0 spiro atoms. The highest BCUT2D eigenvalue weighted by Crippen LogP contribution is 2.27. The van der Waals surface area contributed by atoms with Gasteiger partial charge in [0.2, 0.25) is 15.9 Å². The van der Waals surface area contributed by atoms with Gasteiger partial charge in [-0.05, 0) is 48.9 Å². The fraction of sp³-hybridized carbons (Fsp3) is 0.316. The smallest absolute Gasteiger partial charge is 0.240 e. The van der Waals surface area contributed by atoms with Crippen LogP contribution in [0.4, 0.5) is 0 Å². The molecule has 0 unspecified atom stereocenters. The minimum Gasteiger partial charge on any atom is -0.493 e. The average Bonchev–Trinajstić information content (AvgIpc) is 2.70. The summed E-state index contributed by atoms with van der Waals surface area (Å²) in [6, 6.07) is 12.0. The van der Waals surface area contributed by atoms with Gasteiger partial charge >= 0.3 is 0 Å². The van der Waals surface area contributed by atoms with Crippen LogP contribution in [0.15, 0.2) is 47.4 Å². The summed E-state index contributed by atoms with van der Waals surface area (Å²) in [4.78, 5) is 12.3. The first-order chi connectivity index (χ1) is 12.9. The van der Waals surface area contributed by atoms with Gasteiger partial charge in [-0.2, -0.15) is 0 Å². The molecule has 7 nitrogen and oxygen atoms in total. The maximum atomic E-state index is 12.1. The lowest BCUT2D eigenvalue weighted by Gasteiger charge is -2.10. The lowest BCUT2D eigenvalue weighted by molar-refractivity contribution is -0.121. The number of ether oxygens (including phenoxy) is 2. The van der Waals surface area contributed by atoms with Crippen molar-refractivity contribution in [3.05, 3.63) is 53.6 Å². The molecule has 8 heteroatoms. The topological polar surface area (TPSA) is 93.7 Å². The van der Waals surface area contributed by atoms with Crippen molar-refractivity contribution in [3.63, 3.8) is 0 Å². The Kier molecular flexibility index (Phi) is 7.20. The van der Waals surface area contributed by atoms with Crippen molar-refractivity contribution in [2.45, 2.75) is 24.3 Å². The number of carbonyl (C=O) groups is 1. The molecule has 0 saturated carbocycles. The van der Waals surface area contributed by atoms with E-state index in [9.17, 15) is 13.2 Å². The van der Waals surface area contributed by atoms with Crippen molar-refractivity contribution in [3.8, 4) is 11.5 Å². The number of nitrogens with one attached hydrogen (secondary N) is 2. The first-order valence-corrected chi connectivity index (χ1v) is 9.88. The number of benzene rings is 2. The molecule has 2 aromatic carbocycles. The highest BCUT2D eigenvalue weighted by atomic mass is 32.2. The summed E-state index contributed by atoms with van der Waals surface area (Å²) in [5.74, 6) is 1.16. The molecule has 0 aliphatic rings. The number of sulfonamides is 1. The largest absolute Gasteiger partial charge is 0.493 e. The zero-order valence-electron chi connectivity index (χ0n) is 15.6. The van der Waals surface area contributed by atoms with E-state index in [-0.39, 0.29) is 10.8 Å². The molecule has 0 atom stereocenters. The van der Waals surface area contributed by atoms with Crippen LogP contribution < -0.4 is 19.5 Å². The normalized spacial score (nSPS) is 11.1. The van der Waals surface area contributed by atoms with E-state index >= 15 is 0 Å². The van der Waals surface area contributed by atoms with Gasteiger partial charge in [-0.3, -0.25) is 4.79 Å². The summed E-state index contributed by atoms with van der Waals surface area (Å²) >= 11 is 0. The van der Waals surface area contributed by atoms with E-state index in [0.29, 0.717) is 30.9 Å². The molecule has 0 saturated heterocycles. The van der Waals surface area contributed by atoms with Gasteiger partial charge in [0, 0.05) is 13.0 Å². The van der Waals surface area contributed by atoms with Gasteiger partial charge in [-0.1, -0.05) is 18.2 Å². The summed E-state index contributed by atoms with van der Waals surface area (Å²) in [6.45, 7) is 0.387. The molecule has 0 bridgehead atoms. The van der Waals surface area contributed by atoms with Crippen LogP contribution in [0, 0.1) is 0 Å². The van der Waals surface area contributed by atoms with Gasteiger partial charge in [-0.15, -0.1) is 0 Å². The van der Waals surface area contributed by atoms with Crippen molar-refractivity contribution < 1.29 is 22.7 Å². The molecule has 0 fully saturated rings. The fourth-order valence-electron chi connectivity index (χ4n) is 2.49. The Morgan fingerprint density at radius 3 is 2.19 bits per heavy atom. The summed E-state index contributed by atoms with van der Waals surface area (Å²) in [7, 11) is 1.05. The zero-order chi connectivity index (χ0) is 19.9. The molecule has 0 heterocycles. The van der Waals surface area contributed by atoms with Crippen LogP contribution in [0.1, 0.15) is 17.5 Å². The lowest BCUT2D eigenvalue weighted by atomic mass is 10.1. The number of carbonyl (C=O) groups excluding carboxylic acids is 1. The van der Waals surface area contributed by atoms with Crippen LogP contribution in [0.25, 0.3) is 0 Å². The maximum Gasteiger partial charge on any atom is 0.240 e. The Morgan fingerprint density at radius 2 is 1.59 bits per heavy atom. The number of methoxy groups -OCH3 is 2. The predicted molar refractivity (Wildman–Crippen MR) is 102 cm³/mol. The predicted octanol–water partition coefficient (Wildman–Crippen LogP) is 1.86. The monoisotopic (exact) mass is 392 g/mol. The number of rotatable bonds is 9. The Labute approximate surface area is 159 Å². The maximum absolute atomic E-state index is 12.1. The summed E-state index contributed by atoms with van der Waals surface area (Å²) in [5.41, 5.74) is 1.80. The van der Waals surface area contributed by atoms with Gasteiger partial charge in [0.05, 0.1) is 19.1 Å². The van der Waals surface area contributed by atoms with Crippen LogP contribution in [-0.4, -0.2) is 35.6 Å². The van der Waals surface area contributed by atoms with E-state index in [2.05, 4.69) is 10.0 Å². The van der Waals surface area contributed by atoms with Crippen LogP contribution in [0.5, 0.6) is 11.5 Å². The molecular weight excluding hydrogens is 368 g/mol. The Balaban J connectivity index is 1.86. The van der Waals surface area contributed by atoms with Crippen molar-refractivity contribution in [2.75, 3.05) is 21.3 Å². The van der Waals surface area contributed by atoms with Crippen molar-refractivity contribution in [1.82, 2.24) is 10.0 Å². The molecule has 27 heavy (non-hydrogen) atoms. The first-order valence-electron chi connectivity index (χ1n) is 8.39. The molecule has 146 valence electrons. The van der Waals surface area contributed by atoms with Crippen molar-refractivity contribution in [1.29, 1.82) is 0 Å². The summed E-state index contributed by atoms with van der Waals surface area (Å²) in [5, 5.41) is 2.86. The van der Waals surface area contributed by atoms with E-state index < -0.39 is 10.0 Å². The second kappa shape index (κ2) is 9.38. The van der Waals surface area contributed by atoms with Crippen molar-refractivity contribution in [2.24, 2.45) is 0 Å². The third kappa shape index (κ3) is 5.70. The third-order valence-corrected chi connectivity index (χ3v) is 5.51. The lowest BCUT2D eigenvalue weighted by Crippen LogP contribution is -2.23. The highest BCUT2D eigenvalue weighted by Gasteiger charge is 2.11. The van der Waals surface area contributed by atoms with E-state index in [0.717, 1.165) is 11.1 Å². The second-order valence-electron chi connectivity index (χ2n) is 5.82. The quantitative estimate of drug-likeness (QED) is 0.679. The minimum atomic E-state index is -3.44. The number of aryl methyl sites for hydroxylation is 1. The molecule has 2 aromatic rings. The van der Waals surface area contributed by atoms with Gasteiger partial charge in [0.1, 0.15) is 0 Å². The Bertz CT molecular complexity index is 879. The van der Waals surface area contributed by atoms with E-state index in [4.69, 9.17) is 9.47 Å². The van der Waals surface area contributed by atoms with E-state index in [1.54, 1.807) is 32.4 Å². The molecule has 2 rings (SSSR count). The van der Waals surface area contributed by atoms with Gasteiger partial charge in [-0.25, -0.2) is 13.1 Å². The third-order valence-electron chi connectivity index (χ3n) is 4.08. The summed E-state index contributed by atoms with van der Waals surface area (Å²) in [6.07, 6.45) is 0.836. The molecule has 0 aliphatic carbocycles. The second-order valence-corrected chi connectivity index (χ2v) is 7.70. The first kappa shape index (κ1) is 20.7. The van der Waals surface area contributed by atoms with Crippen LogP contribution in [0.2, 0.25) is 0 Å². The highest BCUT2D eigenvalue weighted by molar-refractivity contribution is 7.89. The molecule has 0 aliphatic heterocycles. The van der Waals surface area contributed by atoms with Gasteiger partial charge in [0.15, 0.2) is 11.5 Å². The summed E-state index contributed by atoms with van der Waals surface area (Å²) < 4.78 is 36.1. The SMILES string of the molecule is CNS(=O)(=O)c1ccc(CCC(=O)NCc2ccc(OC)c(OC)c2)cc1. The number of hydrogen-bond acceptors (Lipinski definition) is 5. The fourth-order valence-corrected chi connectivity index (χ4v) is 3.22. The average molecular weight is 392 g/mol. The molecule has 2 N–H and O–H groups in total. The minimum absolute atomic E-state index is 0.0864. The van der Waals surface area contributed by atoms with Crippen LogP contribution in [-0.2, 0) is 27.8 Å². The van der Waals surface area contributed by atoms with Gasteiger partial charge in [0.25, 0.3) is 0 Å². The van der Waals surface area contributed by atoms with Crippen molar-refractivity contribution >= 4 is 15.9 Å². The van der Waals surface area contributed by atoms with Crippen LogP contribution in [0.3, 0.4) is 0 Å². The Hall–Kier alpha value is -2.58. The molecule has 1 amide bonds. The van der Waals surface area contributed by atoms with E-state index in [1.807, 2.05) is 12.1 Å².